The molecule has 0 aliphatic carbocycles. The molecule has 30 heavy (non-hydrogen) atoms. The average Bonchev–Trinajstić information content (AvgIpc) is 3.22. The highest BCUT2D eigenvalue weighted by Crippen LogP contribution is 2.36. The van der Waals surface area contributed by atoms with E-state index in [-0.39, 0.29) is 27.6 Å². The fraction of sp³-hybridized carbons (Fsp3) is 0.238. The summed E-state index contributed by atoms with van der Waals surface area (Å²) < 4.78 is 11.3. The average molecular weight is 427 g/mol. The monoisotopic (exact) mass is 427 g/mol. The number of benzene rings is 1. The summed E-state index contributed by atoms with van der Waals surface area (Å²) in [6.45, 7) is 5.27. The number of hydrogen-bond donors (Lipinski definition) is 1. The van der Waals surface area contributed by atoms with Crippen molar-refractivity contribution in [1.29, 1.82) is 0 Å². The molecule has 0 radical (unpaired) electrons. The van der Waals surface area contributed by atoms with Gasteiger partial charge in [0.25, 0.3) is 5.56 Å². The number of methoxy groups -OCH3 is 1. The van der Waals surface area contributed by atoms with Gasteiger partial charge in [0.1, 0.15) is 15.4 Å². The minimum Gasteiger partial charge on any atom is -0.465 e. The van der Waals surface area contributed by atoms with E-state index in [2.05, 4.69) is 10.1 Å². The SMILES string of the molecule is CCOC(=O)c1c(N=Cc2c(C)[nH]n(-c3ccccc3)c2=O)sc(C(=O)OC)c1C. The number of aromatic amines is 1. The minimum atomic E-state index is -0.582. The number of aromatic nitrogens is 2. The van der Waals surface area contributed by atoms with E-state index < -0.39 is 11.9 Å². The van der Waals surface area contributed by atoms with Crippen molar-refractivity contribution in [2.45, 2.75) is 20.8 Å². The fourth-order valence-corrected chi connectivity index (χ4v) is 3.97. The van der Waals surface area contributed by atoms with Gasteiger partial charge in [-0.3, -0.25) is 9.89 Å². The molecule has 9 heteroatoms. The maximum Gasteiger partial charge on any atom is 0.348 e. The molecule has 0 atom stereocenters. The lowest BCUT2D eigenvalue weighted by molar-refractivity contribution is 0.0527. The van der Waals surface area contributed by atoms with Crippen molar-refractivity contribution in [2.24, 2.45) is 4.99 Å². The third kappa shape index (κ3) is 3.97. The van der Waals surface area contributed by atoms with Crippen LogP contribution in [0.1, 0.15) is 43.8 Å². The first-order chi connectivity index (χ1) is 14.4. The standard InChI is InChI=1S/C21H21N3O5S/c1-5-29-20(26)16-12(2)17(21(27)28-4)30-18(16)22-11-15-13(3)23-24(19(15)25)14-9-7-6-8-10-14/h6-11,23H,5H2,1-4H3. The number of nitrogens with zero attached hydrogens (tertiary/aromatic N) is 2. The van der Waals surface area contributed by atoms with Crippen LogP contribution in [0.5, 0.6) is 0 Å². The van der Waals surface area contributed by atoms with Crippen LogP contribution in [-0.4, -0.2) is 41.7 Å². The molecule has 0 saturated heterocycles. The van der Waals surface area contributed by atoms with Crippen LogP contribution < -0.4 is 5.56 Å². The van der Waals surface area contributed by atoms with Crippen LogP contribution in [0.25, 0.3) is 5.69 Å². The second-order valence-corrected chi connectivity index (χ2v) is 7.33. The number of ether oxygens (including phenoxy) is 2. The first kappa shape index (κ1) is 21.3. The minimum absolute atomic E-state index is 0.184. The molecule has 1 N–H and O–H groups in total. The molecule has 1 aromatic carbocycles. The van der Waals surface area contributed by atoms with E-state index in [9.17, 15) is 14.4 Å². The molecule has 0 aliphatic heterocycles. The number of nitrogens with one attached hydrogen (secondary N) is 1. The van der Waals surface area contributed by atoms with Crippen LogP contribution in [0, 0.1) is 13.8 Å². The van der Waals surface area contributed by atoms with Gasteiger partial charge in [-0.2, -0.15) is 0 Å². The number of thiophene rings is 1. The smallest absolute Gasteiger partial charge is 0.348 e. The van der Waals surface area contributed by atoms with Crippen molar-refractivity contribution in [3.05, 3.63) is 67.9 Å². The van der Waals surface area contributed by atoms with Gasteiger partial charge in [0.05, 0.1) is 25.0 Å². The summed E-state index contributed by atoms with van der Waals surface area (Å²) in [7, 11) is 1.27. The van der Waals surface area contributed by atoms with Crippen molar-refractivity contribution in [3.8, 4) is 5.69 Å². The van der Waals surface area contributed by atoms with Crippen molar-refractivity contribution >= 4 is 34.5 Å². The third-order valence-corrected chi connectivity index (χ3v) is 5.60. The second kappa shape index (κ2) is 8.91. The maximum atomic E-state index is 12.8. The molecule has 3 aromatic rings. The molecule has 0 aliphatic rings. The summed E-state index contributed by atoms with van der Waals surface area (Å²) in [5, 5.41) is 3.29. The van der Waals surface area contributed by atoms with Gasteiger partial charge in [-0.25, -0.2) is 19.3 Å². The normalized spacial score (nSPS) is 11.1. The number of rotatable bonds is 6. The van der Waals surface area contributed by atoms with Gasteiger partial charge in [-0.05, 0) is 38.5 Å². The number of hydrogen-bond acceptors (Lipinski definition) is 7. The number of aryl methyl sites for hydroxylation is 1. The zero-order chi connectivity index (χ0) is 21.8. The lowest BCUT2D eigenvalue weighted by Crippen LogP contribution is -2.17. The molecule has 0 fully saturated rings. The van der Waals surface area contributed by atoms with E-state index in [4.69, 9.17) is 9.47 Å². The maximum absolute atomic E-state index is 12.8. The summed E-state index contributed by atoms with van der Waals surface area (Å²) in [6, 6.07) is 9.15. The molecule has 0 unspecified atom stereocenters. The van der Waals surface area contributed by atoms with E-state index in [1.165, 1.54) is 18.0 Å². The van der Waals surface area contributed by atoms with Crippen LogP contribution in [0.2, 0.25) is 0 Å². The van der Waals surface area contributed by atoms with E-state index in [0.717, 1.165) is 11.3 Å². The fourth-order valence-electron chi connectivity index (χ4n) is 2.91. The highest BCUT2D eigenvalue weighted by Gasteiger charge is 2.26. The Kier molecular flexibility index (Phi) is 6.31. The zero-order valence-corrected chi connectivity index (χ0v) is 17.8. The van der Waals surface area contributed by atoms with Gasteiger partial charge >= 0.3 is 11.9 Å². The molecule has 156 valence electrons. The molecule has 3 rings (SSSR count). The van der Waals surface area contributed by atoms with E-state index in [1.807, 2.05) is 30.3 Å². The number of esters is 2. The number of H-pyrrole nitrogens is 1. The van der Waals surface area contributed by atoms with E-state index in [1.54, 1.807) is 20.8 Å². The van der Waals surface area contributed by atoms with Crippen molar-refractivity contribution < 1.29 is 19.1 Å². The van der Waals surface area contributed by atoms with Gasteiger partial charge in [0, 0.05) is 11.9 Å². The van der Waals surface area contributed by atoms with Gasteiger partial charge in [-0.1, -0.05) is 18.2 Å². The second-order valence-electron chi connectivity index (χ2n) is 6.33. The zero-order valence-electron chi connectivity index (χ0n) is 17.0. The van der Waals surface area contributed by atoms with Crippen LogP contribution in [0.4, 0.5) is 5.00 Å². The van der Waals surface area contributed by atoms with E-state index in [0.29, 0.717) is 22.5 Å². The number of para-hydroxylation sites is 1. The molecule has 2 aromatic heterocycles. The number of carbonyl (C=O) groups is 2. The van der Waals surface area contributed by atoms with Crippen molar-refractivity contribution in [2.75, 3.05) is 13.7 Å². The Morgan fingerprint density at radius 2 is 1.90 bits per heavy atom. The Morgan fingerprint density at radius 3 is 2.53 bits per heavy atom. The molecule has 0 amide bonds. The van der Waals surface area contributed by atoms with Crippen LogP contribution in [-0.2, 0) is 9.47 Å². The highest BCUT2D eigenvalue weighted by molar-refractivity contribution is 7.18. The lowest BCUT2D eigenvalue weighted by Gasteiger charge is -2.02. The quantitative estimate of drug-likeness (QED) is 0.479. The Hall–Kier alpha value is -3.46. The Morgan fingerprint density at radius 1 is 1.20 bits per heavy atom. The molecule has 8 nitrogen and oxygen atoms in total. The molecular weight excluding hydrogens is 406 g/mol. The van der Waals surface area contributed by atoms with Crippen molar-refractivity contribution in [1.82, 2.24) is 9.78 Å². The first-order valence-corrected chi connectivity index (χ1v) is 10.0. The van der Waals surface area contributed by atoms with Crippen molar-refractivity contribution in [3.63, 3.8) is 0 Å². The van der Waals surface area contributed by atoms with Gasteiger partial charge in [-0.15, -0.1) is 11.3 Å². The van der Waals surface area contributed by atoms with Gasteiger partial charge in [0.15, 0.2) is 0 Å². The molecule has 0 saturated carbocycles. The Bertz CT molecular complexity index is 1170. The lowest BCUT2D eigenvalue weighted by atomic mass is 10.1. The number of carbonyl (C=O) groups excluding carboxylic acids is 2. The predicted octanol–water partition coefficient (Wildman–Crippen LogP) is 3.56. The molecule has 2 heterocycles. The summed E-state index contributed by atoms with van der Waals surface area (Å²) in [4.78, 5) is 41.9. The summed E-state index contributed by atoms with van der Waals surface area (Å²) in [5.41, 5.74) is 2.00. The Labute approximate surface area is 176 Å². The molecular formula is C21H21N3O5S. The number of aliphatic imine (C=N–C) groups is 1. The van der Waals surface area contributed by atoms with Crippen LogP contribution in [0.3, 0.4) is 0 Å². The topological polar surface area (TPSA) is 103 Å². The van der Waals surface area contributed by atoms with Gasteiger partial charge < -0.3 is 9.47 Å². The molecule has 0 bridgehead atoms. The van der Waals surface area contributed by atoms with Crippen LogP contribution >= 0.6 is 11.3 Å². The third-order valence-electron chi connectivity index (χ3n) is 4.42. The summed E-state index contributed by atoms with van der Waals surface area (Å²) in [6.07, 6.45) is 1.39. The molecule has 0 spiro atoms. The van der Waals surface area contributed by atoms with Crippen LogP contribution in [0.15, 0.2) is 40.1 Å². The first-order valence-electron chi connectivity index (χ1n) is 9.18. The van der Waals surface area contributed by atoms with Gasteiger partial charge in [0.2, 0.25) is 0 Å². The van der Waals surface area contributed by atoms with E-state index >= 15 is 0 Å². The summed E-state index contributed by atoms with van der Waals surface area (Å²) >= 11 is 1.01. The predicted molar refractivity (Wildman–Crippen MR) is 115 cm³/mol. The highest BCUT2D eigenvalue weighted by atomic mass is 32.1. The largest absolute Gasteiger partial charge is 0.465 e. The summed E-state index contributed by atoms with van der Waals surface area (Å²) in [5.74, 6) is -1.14. The Balaban J connectivity index is 2.06.